The number of phenols is 1. The Bertz CT molecular complexity index is 707. The highest BCUT2D eigenvalue weighted by atomic mass is 28.3. The van der Waals surface area contributed by atoms with E-state index in [1.807, 2.05) is 0 Å². The molecule has 0 aliphatic rings. The number of benzene rings is 2. The van der Waals surface area contributed by atoms with Crippen LogP contribution in [0.2, 0.25) is 17.1 Å². The lowest BCUT2D eigenvalue weighted by Gasteiger charge is -2.41. The minimum absolute atomic E-state index is 0.321. The maximum atomic E-state index is 11.4. The molecule has 1 nitrogen and oxygen atoms in total. The van der Waals surface area contributed by atoms with Crippen molar-refractivity contribution < 1.29 is 5.11 Å². The lowest BCUT2D eigenvalue weighted by molar-refractivity contribution is 0.469. The summed E-state index contributed by atoms with van der Waals surface area (Å²) in [5.41, 5.74) is 2.38. The van der Waals surface area contributed by atoms with Crippen LogP contribution in [0, 0.1) is 0 Å². The van der Waals surface area contributed by atoms with Gasteiger partial charge in [0.2, 0.25) is 0 Å². The molecule has 2 aromatic carbocycles. The number of aromatic hydroxyl groups is 1. The molecule has 0 aromatic heterocycles. The molecule has 2 aromatic rings. The smallest absolute Gasteiger partial charge is 0.118 e. The highest BCUT2D eigenvalue weighted by molar-refractivity contribution is 6.94. The normalized spacial score (nSPS) is 12.7. The molecule has 2 rings (SSSR count). The fourth-order valence-electron chi connectivity index (χ4n) is 4.77. The highest BCUT2D eigenvalue weighted by Crippen LogP contribution is 2.42. The van der Waals surface area contributed by atoms with Crippen molar-refractivity contribution in [3.05, 3.63) is 35.9 Å². The quantitative estimate of drug-likeness (QED) is 0.532. The standard InChI is InChI=1S/C23H36OSi/c1-8-9-14-25(17(4)5,18(6)7)21-15-19-12-10-11-13-20(19)22(16(2)3)23(21)24/h10-13,15-18,24H,8-9,14H2,1-7H3. The van der Waals surface area contributed by atoms with Crippen molar-refractivity contribution in [1.82, 2.24) is 0 Å². The van der Waals surface area contributed by atoms with Gasteiger partial charge in [-0.1, -0.05) is 97.7 Å². The summed E-state index contributed by atoms with van der Waals surface area (Å²) in [6, 6.07) is 12.2. The van der Waals surface area contributed by atoms with E-state index in [9.17, 15) is 5.11 Å². The third-order valence-corrected chi connectivity index (χ3v) is 12.8. The highest BCUT2D eigenvalue weighted by Gasteiger charge is 2.43. The molecule has 2 heteroatoms. The van der Waals surface area contributed by atoms with E-state index in [1.165, 1.54) is 34.8 Å². The van der Waals surface area contributed by atoms with Crippen LogP contribution in [0.5, 0.6) is 5.75 Å². The molecule has 0 saturated carbocycles. The lowest BCUT2D eigenvalue weighted by Crippen LogP contribution is -2.53. The third kappa shape index (κ3) is 3.51. The predicted octanol–water partition coefficient (Wildman–Crippen LogP) is 6.94. The van der Waals surface area contributed by atoms with Crippen LogP contribution in [0.1, 0.15) is 72.8 Å². The first-order valence-electron chi connectivity index (χ1n) is 10.0. The molecule has 1 N–H and O–H groups in total. The Morgan fingerprint density at radius 1 is 0.960 bits per heavy atom. The maximum Gasteiger partial charge on any atom is 0.118 e. The number of phenolic OH excluding ortho intramolecular Hbond substituents is 1. The minimum atomic E-state index is -1.84. The van der Waals surface area contributed by atoms with Gasteiger partial charge in [-0.25, -0.2) is 0 Å². The van der Waals surface area contributed by atoms with Crippen LogP contribution in [-0.4, -0.2) is 13.2 Å². The average molecular weight is 357 g/mol. The van der Waals surface area contributed by atoms with Gasteiger partial charge in [-0.2, -0.15) is 0 Å². The molecule has 0 aliphatic heterocycles. The lowest BCUT2D eigenvalue weighted by atomic mass is 9.95. The predicted molar refractivity (Wildman–Crippen MR) is 115 cm³/mol. The number of unbranched alkanes of at least 4 members (excludes halogenated alkanes) is 1. The van der Waals surface area contributed by atoms with Gasteiger partial charge in [0.15, 0.2) is 0 Å². The Labute approximate surface area is 155 Å². The van der Waals surface area contributed by atoms with Crippen molar-refractivity contribution in [1.29, 1.82) is 0 Å². The van der Waals surface area contributed by atoms with Gasteiger partial charge < -0.3 is 5.11 Å². The fourth-order valence-corrected chi connectivity index (χ4v) is 10.7. The van der Waals surface area contributed by atoms with Gasteiger partial charge in [0.1, 0.15) is 5.75 Å². The molecule has 0 unspecified atom stereocenters. The Morgan fingerprint density at radius 2 is 1.56 bits per heavy atom. The summed E-state index contributed by atoms with van der Waals surface area (Å²) < 4.78 is 0. The van der Waals surface area contributed by atoms with E-state index in [0.29, 0.717) is 22.7 Å². The largest absolute Gasteiger partial charge is 0.508 e. The number of fused-ring (bicyclic) bond motifs is 1. The molecule has 0 heterocycles. The Balaban J connectivity index is 2.86. The zero-order valence-electron chi connectivity index (χ0n) is 17.2. The molecule has 0 radical (unpaired) electrons. The summed E-state index contributed by atoms with van der Waals surface area (Å²) in [6.07, 6.45) is 2.48. The van der Waals surface area contributed by atoms with Crippen molar-refractivity contribution in [2.75, 3.05) is 0 Å². The number of hydrogen-bond donors (Lipinski definition) is 1. The second-order valence-corrected chi connectivity index (χ2v) is 13.9. The van der Waals surface area contributed by atoms with Crippen LogP contribution in [0.3, 0.4) is 0 Å². The molecular formula is C23H36OSi. The Morgan fingerprint density at radius 3 is 2.08 bits per heavy atom. The summed E-state index contributed by atoms with van der Waals surface area (Å²) in [5.74, 6) is 0.918. The monoisotopic (exact) mass is 356 g/mol. The summed E-state index contributed by atoms with van der Waals surface area (Å²) in [5, 5.41) is 15.2. The first kappa shape index (κ1) is 20.0. The van der Waals surface area contributed by atoms with E-state index < -0.39 is 8.07 Å². The first-order chi connectivity index (χ1) is 11.8. The van der Waals surface area contributed by atoms with Crippen LogP contribution in [0.4, 0.5) is 0 Å². The molecule has 0 spiro atoms. The molecular weight excluding hydrogens is 320 g/mol. The van der Waals surface area contributed by atoms with E-state index in [1.54, 1.807) is 0 Å². The summed E-state index contributed by atoms with van der Waals surface area (Å²) in [4.78, 5) is 0. The molecule has 25 heavy (non-hydrogen) atoms. The first-order valence-corrected chi connectivity index (χ1v) is 12.4. The van der Waals surface area contributed by atoms with Crippen molar-refractivity contribution in [3.8, 4) is 5.75 Å². The second kappa shape index (κ2) is 7.95. The fraction of sp³-hybridized carbons (Fsp3) is 0.565. The van der Waals surface area contributed by atoms with Gasteiger partial charge in [-0.3, -0.25) is 0 Å². The Hall–Kier alpha value is -1.28. The third-order valence-electron chi connectivity index (χ3n) is 6.14. The number of hydrogen-bond acceptors (Lipinski definition) is 1. The van der Waals surface area contributed by atoms with Gasteiger partial charge >= 0.3 is 0 Å². The van der Waals surface area contributed by atoms with E-state index >= 15 is 0 Å². The zero-order valence-corrected chi connectivity index (χ0v) is 18.2. The average Bonchev–Trinajstić information content (AvgIpc) is 2.54. The minimum Gasteiger partial charge on any atom is -0.508 e. The van der Waals surface area contributed by atoms with E-state index in [4.69, 9.17) is 0 Å². The molecule has 0 fully saturated rings. The molecule has 0 atom stereocenters. The molecule has 0 aliphatic carbocycles. The van der Waals surface area contributed by atoms with Crippen molar-refractivity contribution in [2.45, 2.75) is 84.4 Å². The SMILES string of the molecule is CCCC[Si](c1cc2ccccc2c(C(C)C)c1O)(C(C)C)C(C)C. The van der Waals surface area contributed by atoms with E-state index in [-0.39, 0.29) is 0 Å². The summed E-state index contributed by atoms with van der Waals surface area (Å²) in [6.45, 7) is 16.2. The van der Waals surface area contributed by atoms with Gasteiger partial charge in [-0.05, 0) is 33.0 Å². The van der Waals surface area contributed by atoms with Crippen LogP contribution in [0.15, 0.2) is 30.3 Å². The van der Waals surface area contributed by atoms with Crippen LogP contribution < -0.4 is 5.19 Å². The number of rotatable bonds is 7. The van der Waals surface area contributed by atoms with Crippen LogP contribution in [0.25, 0.3) is 10.8 Å². The molecule has 138 valence electrons. The van der Waals surface area contributed by atoms with E-state index in [2.05, 4.69) is 78.8 Å². The molecule has 0 bridgehead atoms. The topological polar surface area (TPSA) is 20.2 Å². The van der Waals surface area contributed by atoms with Gasteiger partial charge in [0.05, 0.1) is 8.07 Å². The van der Waals surface area contributed by atoms with E-state index in [0.717, 1.165) is 5.56 Å². The van der Waals surface area contributed by atoms with Crippen molar-refractivity contribution in [2.24, 2.45) is 0 Å². The Kier molecular flexibility index (Phi) is 6.37. The summed E-state index contributed by atoms with van der Waals surface area (Å²) >= 11 is 0. The molecule has 0 amide bonds. The van der Waals surface area contributed by atoms with Crippen LogP contribution in [-0.2, 0) is 0 Å². The van der Waals surface area contributed by atoms with Gasteiger partial charge in [0, 0.05) is 5.56 Å². The van der Waals surface area contributed by atoms with Gasteiger partial charge in [0.25, 0.3) is 0 Å². The van der Waals surface area contributed by atoms with Crippen LogP contribution >= 0.6 is 0 Å². The van der Waals surface area contributed by atoms with Gasteiger partial charge in [-0.15, -0.1) is 0 Å². The molecule has 0 saturated heterocycles. The second-order valence-electron chi connectivity index (χ2n) is 8.52. The zero-order chi connectivity index (χ0) is 18.8. The van der Waals surface area contributed by atoms with Crippen molar-refractivity contribution in [3.63, 3.8) is 0 Å². The van der Waals surface area contributed by atoms with Crippen molar-refractivity contribution >= 4 is 24.0 Å². The maximum absolute atomic E-state index is 11.4. The summed E-state index contributed by atoms with van der Waals surface area (Å²) in [7, 11) is -1.84.